The highest BCUT2D eigenvalue weighted by Gasteiger charge is 2.27. The minimum atomic E-state index is -1.17. The molecule has 1 saturated heterocycles. The summed E-state index contributed by atoms with van der Waals surface area (Å²) in [4.78, 5) is 2.49. The van der Waals surface area contributed by atoms with Gasteiger partial charge < -0.3 is 15.8 Å². The first-order valence-corrected chi connectivity index (χ1v) is 8.44. The fourth-order valence-electron chi connectivity index (χ4n) is 3.25. The van der Waals surface area contributed by atoms with Crippen LogP contribution >= 0.6 is 0 Å². The van der Waals surface area contributed by atoms with E-state index in [0.29, 0.717) is 12.2 Å². The third-order valence-corrected chi connectivity index (χ3v) is 4.69. The Kier molecular flexibility index (Phi) is 6.89. The van der Waals surface area contributed by atoms with Crippen molar-refractivity contribution in [3.8, 4) is 0 Å². The van der Waals surface area contributed by atoms with Gasteiger partial charge in [-0.1, -0.05) is 42.7 Å². The molecule has 0 saturated carbocycles. The van der Waals surface area contributed by atoms with Gasteiger partial charge >= 0.3 is 7.12 Å². The number of nitrogens with zero attached hydrogens (tertiary/aromatic N) is 1. The predicted molar refractivity (Wildman–Crippen MR) is 91.4 cm³/mol. The summed E-state index contributed by atoms with van der Waals surface area (Å²) in [7, 11) is -1.17. The zero-order valence-corrected chi connectivity index (χ0v) is 13.6. The molecule has 1 aliphatic heterocycles. The third-order valence-electron chi connectivity index (χ3n) is 4.69. The summed E-state index contributed by atoms with van der Waals surface area (Å²) < 4.78 is 0. The van der Waals surface area contributed by atoms with E-state index in [-0.39, 0.29) is 6.04 Å². The Balaban J connectivity index is 1.69. The van der Waals surface area contributed by atoms with Crippen LogP contribution in [0.15, 0.2) is 24.3 Å². The molecule has 2 rings (SSSR count). The molecule has 4 N–H and O–H groups in total. The Labute approximate surface area is 134 Å². The fraction of sp³-hybridized carbons (Fsp3) is 0.647. The molecule has 0 radical (unpaired) electrons. The smallest absolute Gasteiger partial charge is 0.427 e. The molecule has 4 nitrogen and oxygen atoms in total. The number of unbranched alkanes of at least 4 members (excludes halogenated alkanes) is 1. The molecule has 122 valence electrons. The van der Waals surface area contributed by atoms with Crippen molar-refractivity contribution in [2.75, 3.05) is 13.1 Å². The molecular formula is C17H29BN2O2. The summed E-state index contributed by atoms with van der Waals surface area (Å²) in [5.74, 6) is 0.574. The molecule has 0 aromatic heterocycles. The van der Waals surface area contributed by atoms with Crippen LogP contribution in [0.25, 0.3) is 0 Å². The van der Waals surface area contributed by atoms with E-state index in [1.165, 1.54) is 17.5 Å². The van der Waals surface area contributed by atoms with Crippen LogP contribution in [0.4, 0.5) is 0 Å². The molecule has 1 unspecified atom stereocenters. The summed E-state index contributed by atoms with van der Waals surface area (Å²) in [5.41, 5.74) is 9.00. The monoisotopic (exact) mass is 304 g/mol. The van der Waals surface area contributed by atoms with Crippen LogP contribution in [0.5, 0.6) is 0 Å². The van der Waals surface area contributed by atoms with Crippen LogP contribution in [-0.4, -0.2) is 41.2 Å². The van der Waals surface area contributed by atoms with E-state index in [0.717, 1.165) is 38.9 Å². The van der Waals surface area contributed by atoms with E-state index in [1.807, 2.05) is 0 Å². The lowest BCUT2D eigenvalue weighted by atomic mass is 9.82. The summed E-state index contributed by atoms with van der Waals surface area (Å²) in [6.45, 7) is 5.34. The number of hydrogen-bond donors (Lipinski definition) is 3. The predicted octanol–water partition coefficient (Wildman–Crippen LogP) is 1.79. The van der Waals surface area contributed by atoms with Gasteiger partial charge in [0.25, 0.3) is 0 Å². The standard InChI is InChI=1S/C17H29BN2O2/c1-14-5-7-15(8-6-14)12-20-11-9-16(13-20)17(19)4-2-3-10-18(21)22/h5-8,16-17,21-22H,2-4,9-13,19H2,1H3/t16-,17?/m1/s1. The molecular weight excluding hydrogens is 275 g/mol. The highest BCUT2D eigenvalue weighted by Crippen LogP contribution is 2.23. The number of aryl methyl sites for hydroxylation is 1. The first-order chi connectivity index (χ1) is 10.5. The number of benzene rings is 1. The van der Waals surface area contributed by atoms with Crippen molar-refractivity contribution in [1.29, 1.82) is 0 Å². The summed E-state index contributed by atoms with van der Waals surface area (Å²) in [6, 6.07) is 9.00. The van der Waals surface area contributed by atoms with Gasteiger partial charge in [-0.3, -0.25) is 4.90 Å². The Morgan fingerprint density at radius 1 is 1.27 bits per heavy atom. The average Bonchev–Trinajstić information content (AvgIpc) is 2.94. The maximum absolute atomic E-state index is 8.84. The van der Waals surface area contributed by atoms with Crippen molar-refractivity contribution in [3.63, 3.8) is 0 Å². The highest BCUT2D eigenvalue weighted by molar-refractivity contribution is 6.40. The lowest BCUT2D eigenvalue weighted by molar-refractivity contribution is 0.300. The van der Waals surface area contributed by atoms with Crippen molar-refractivity contribution in [2.45, 2.75) is 51.5 Å². The third kappa shape index (κ3) is 5.73. The minimum absolute atomic E-state index is 0.235. The van der Waals surface area contributed by atoms with E-state index in [4.69, 9.17) is 15.8 Å². The minimum Gasteiger partial charge on any atom is -0.427 e. The van der Waals surface area contributed by atoms with E-state index >= 15 is 0 Å². The van der Waals surface area contributed by atoms with Gasteiger partial charge in [0.2, 0.25) is 0 Å². The summed E-state index contributed by atoms with van der Waals surface area (Å²) in [5, 5.41) is 17.7. The van der Waals surface area contributed by atoms with Crippen LogP contribution < -0.4 is 5.73 Å². The normalized spacial score (nSPS) is 20.3. The van der Waals surface area contributed by atoms with Gasteiger partial charge in [-0.25, -0.2) is 0 Å². The molecule has 1 aliphatic rings. The van der Waals surface area contributed by atoms with Crippen molar-refractivity contribution < 1.29 is 10.0 Å². The van der Waals surface area contributed by atoms with Crippen LogP contribution in [-0.2, 0) is 6.54 Å². The van der Waals surface area contributed by atoms with E-state index < -0.39 is 7.12 Å². The Hall–Kier alpha value is -0.875. The Morgan fingerprint density at radius 3 is 2.68 bits per heavy atom. The first kappa shape index (κ1) is 17.5. The molecule has 1 fully saturated rings. The maximum Gasteiger partial charge on any atom is 0.451 e. The maximum atomic E-state index is 8.84. The second-order valence-electron chi connectivity index (χ2n) is 6.70. The quantitative estimate of drug-likeness (QED) is 0.506. The van der Waals surface area contributed by atoms with Crippen molar-refractivity contribution in [3.05, 3.63) is 35.4 Å². The first-order valence-electron chi connectivity index (χ1n) is 8.44. The zero-order chi connectivity index (χ0) is 15.9. The Morgan fingerprint density at radius 2 is 2.00 bits per heavy atom. The highest BCUT2D eigenvalue weighted by atomic mass is 16.4. The van der Waals surface area contributed by atoms with Gasteiger partial charge in [-0.2, -0.15) is 0 Å². The van der Waals surface area contributed by atoms with E-state index in [1.54, 1.807) is 0 Å². The van der Waals surface area contributed by atoms with Gasteiger partial charge in [0.1, 0.15) is 0 Å². The van der Waals surface area contributed by atoms with Gasteiger partial charge in [-0.15, -0.1) is 0 Å². The van der Waals surface area contributed by atoms with Crippen molar-refractivity contribution in [2.24, 2.45) is 11.7 Å². The average molecular weight is 304 g/mol. The molecule has 0 bridgehead atoms. The summed E-state index contributed by atoms with van der Waals surface area (Å²) in [6.07, 6.45) is 4.43. The van der Waals surface area contributed by atoms with Crippen LogP contribution in [0.2, 0.25) is 6.32 Å². The fourth-order valence-corrected chi connectivity index (χ4v) is 3.25. The number of likely N-dealkylation sites (tertiary alicyclic amines) is 1. The van der Waals surface area contributed by atoms with E-state index in [9.17, 15) is 0 Å². The number of rotatable bonds is 8. The van der Waals surface area contributed by atoms with Crippen LogP contribution in [0, 0.1) is 12.8 Å². The molecule has 0 spiro atoms. The molecule has 5 heteroatoms. The lowest BCUT2D eigenvalue weighted by Gasteiger charge is -2.20. The topological polar surface area (TPSA) is 69.7 Å². The molecule has 2 atom stereocenters. The second-order valence-corrected chi connectivity index (χ2v) is 6.70. The molecule has 0 amide bonds. The largest absolute Gasteiger partial charge is 0.451 e. The Bertz CT molecular complexity index is 439. The van der Waals surface area contributed by atoms with Crippen LogP contribution in [0.3, 0.4) is 0 Å². The summed E-state index contributed by atoms with van der Waals surface area (Å²) >= 11 is 0. The lowest BCUT2D eigenvalue weighted by Crippen LogP contribution is -2.32. The molecule has 1 heterocycles. The molecule has 22 heavy (non-hydrogen) atoms. The second kappa shape index (κ2) is 8.68. The number of nitrogens with two attached hydrogens (primary N) is 1. The van der Waals surface area contributed by atoms with Crippen molar-refractivity contribution in [1.82, 2.24) is 4.90 Å². The number of hydrogen-bond acceptors (Lipinski definition) is 4. The molecule has 0 aliphatic carbocycles. The van der Waals surface area contributed by atoms with Gasteiger partial charge in [0.05, 0.1) is 0 Å². The van der Waals surface area contributed by atoms with Gasteiger partial charge in [0.15, 0.2) is 0 Å². The van der Waals surface area contributed by atoms with Crippen molar-refractivity contribution >= 4 is 7.12 Å². The van der Waals surface area contributed by atoms with Gasteiger partial charge in [-0.05, 0) is 44.1 Å². The molecule has 1 aromatic rings. The SMILES string of the molecule is Cc1ccc(CN2CC[C@@H](C(N)CCCCB(O)O)C2)cc1. The van der Waals surface area contributed by atoms with Gasteiger partial charge in [0, 0.05) is 19.1 Å². The molecule has 1 aromatic carbocycles. The van der Waals surface area contributed by atoms with Crippen LogP contribution in [0.1, 0.15) is 36.8 Å². The zero-order valence-electron chi connectivity index (χ0n) is 13.6. The van der Waals surface area contributed by atoms with E-state index in [2.05, 4.69) is 36.1 Å².